The van der Waals surface area contributed by atoms with Gasteiger partial charge in [-0.1, -0.05) is 0 Å². The number of anilines is 1. The van der Waals surface area contributed by atoms with Crippen LogP contribution in [0.5, 0.6) is 0 Å². The summed E-state index contributed by atoms with van der Waals surface area (Å²) in [5, 5.41) is 21.6. The SMILES string of the molecule is O=C(NNc1ccc([N+](=O)[O-])cc1[N+](=O)[O-])c1cccnc1. The van der Waals surface area contributed by atoms with Crippen LogP contribution in [0.2, 0.25) is 0 Å². The lowest BCUT2D eigenvalue weighted by atomic mass is 10.2. The molecule has 0 saturated heterocycles. The van der Waals surface area contributed by atoms with Crippen molar-refractivity contribution in [2.24, 2.45) is 0 Å². The molecule has 112 valence electrons. The number of nitrogens with one attached hydrogen (secondary N) is 2. The number of carbonyl (C=O) groups is 1. The summed E-state index contributed by atoms with van der Waals surface area (Å²) in [4.78, 5) is 35.6. The predicted molar refractivity (Wildman–Crippen MR) is 75.1 cm³/mol. The number of hydrogen-bond acceptors (Lipinski definition) is 7. The van der Waals surface area contributed by atoms with Crippen LogP contribution in [0.3, 0.4) is 0 Å². The minimum atomic E-state index is -0.786. The molecule has 0 aliphatic carbocycles. The monoisotopic (exact) mass is 303 g/mol. The number of amides is 1. The van der Waals surface area contributed by atoms with E-state index in [4.69, 9.17) is 0 Å². The zero-order chi connectivity index (χ0) is 16.1. The van der Waals surface area contributed by atoms with Gasteiger partial charge >= 0.3 is 5.69 Å². The number of non-ortho nitro benzene ring substituents is 1. The first-order chi connectivity index (χ1) is 10.5. The first-order valence-electron chi connectivity index (χ1n) is 5.88. The second kappa shape index (κ2) is 6.26. The van der Waals surface area contributed by atoms with Crippen LogP contribution in [0.1, 0.15) is 10.4 Å². The van der Waals surface area contributed by atoms with Crippen molar-refractivity contribution in [3.8, 4) is 0 Å². The van der Waals surface area contributed by atoms with Gasteiger partial charge in [-0.25, -0.2) is 0 Å². The number of rotatable bonds is 5. The van der Waals surface area contributed by atoms with Crippen molar-refractivity contribution in [1.29, 1.82) is 0 Å². The van der Waals surface area contributed by atoms with Gasteiger partial charge in [-0.3, -0.25) is 40.9 Å². The van der Waals surface area contributed by atoms with E-state index in [1.54, 1.807) is 6.07 Å². The van der Waals surface area contributed by atoms with Crippen LogP contribution in [-0.2, 0) is 0 Å². The Bertz CT molecular complexity index is 734. The maximum atomic E-state index is 11.8. The largest absolute Gasteiger partial charge is 0.300 e. The number of benzene rings is 1. The van der Waals surface area contributed by atoms with Gasteiger partial charge in [-0.05, 0) is 18.2 Å². The van der Waals surface area contributed by atoms with Gasteiger partial charge in [-0.15, -0.1) is 0 Å². The van der Waals surface area contributed by atoms with Gasteiger partial charge in [0.05, 0.1) is 21.5 Å². The smallest absolute Gasteiger partial charge is 0.292 e. The van der Waals surface area contributed by atoms with Gasteiger partial charge in [0.15, 0.2) is 0 Å². The Balaban J connectivity index is 2.17. The van der Waals surface area contributed by atoms with Gasteiger partial charge < -0.3 is 0 Å². The Labute approximate surface area is 123 Å². The second-order valence-corrected chi connectivity index (χ2v) is 4.04. The lowest BCUT2D eigenvalue weighted by Crippen LogP contribution is -2.29. The topological polar surface area (TPSA) is 140 Å². The van der Waals surface area contributed by atoms with E-state index in [0.717, 1.165) is 18.2 Å². The highest BCUT2D eigenvalue weighted by Crippen LogP contribution is 2.28. The summed E-state index contributed by atoms with van der Waals surface area (Å²) in [5.74, 6) is -0.555. The van der Waals surface area contributed by atoms with Crippen LogP contribution >= 0.6 is 0 Å². The molecule has 0 aliphatic heterocycles. The Kier molecular flexibility index (Phi) is 4.22. The second-order valence-electron chi connectivity index (χ2n) is 4.04. The van der Waals surface area contributed by atoms with Gasteiger partial charge in [-0.2, -0.15) is 0 Å². The van der Waals surface area contributed by atoms with Crippen molar-refractivity contribution in [3.05, 3.63) is 68.5 Å². The molecule has 0 unspecified atom stereocenters. The van der Waals surface area contributed by atoms with Crippen molar-refractivity contribution in [2.45, 2.75) is 0 Å². The van der Waals surface area contributed by atoms with Crippen molar-refractivity contribution >= 4 is 23.0 Å². The summed E-state index contributed by atoms with van der Waals surface area (Å²) >= 11 is 0. The molecule has 1 aromatic carbocycles. The van der Waals surface area contributed by atoms with Gasteiger partial charge in [0.25, 0.3) is 11.6 Å². The van der Waals surface area contributed by atoms with E-state index in [9.17, 15) is 25.0 Å². The molecule has 10 nitrogen and oxygen atoms in total. The third-order valence-corrected chi connectivity index (χ3v) is 2.62. The highest BCUT2D eigenvalue weighted by molar-refractivity contribution is 5.94. The fraction of sp³-hybridized carbons (Fsp3) is 0. The summed E-state index contributed by atoms with van der Waals surface area (Å²) in [5.41, 5.74) is 3.85. The molecule has 2 N–H and O–H groups in total. The third kappa shape index (κ3) is 3.30. The summed E-state index contributed by atoms with van der Waals surface area (Å²) < 4.78 is 0. The molecule has 0 fully saturated rings. The molecule has 0 radical (unpaired) electrons. The third-order valence-electron chi connectivity index (χ3n) is 2.62. The minimum Gasteiger partial charge on any atom is -0.292 e. The minimum absolute atomic E-state index is 0.0761. The Morgan fingerprint density at radius 1 is 1.14 bits per heavy atom. The highest BCUT2D eigenvalue weighted by Gasteiger charge is 2.19. The van der Waals surface area contributed by atoms with E-state index in [-0.39, 0.29) is 11.3 Å². The van der Waals surface area contributed by atoms with E-state index < -0.39 is 27.1 Å². The standard InChI is InChI=1S/C12H9N5O5/c18-12(8-2-1-5-13-7-8)15-14-10-4-3-9(16(19)20)6-11(10)17(21)22/h1-7,14H,(H,15,18). The average molecular weight is 303 g/mol. The van der Waals surface area contributed by atoms with Crippen molar-refractivity contribution in [3.63, 3.8) is 0 Å². The number of aromatic nitrogens is 1. The number of pyridine rings is 1. The summed E-state index contributed by atoms with van der Waals surface area (Å²) in [7, 11) is 0. The number of nitro groups is 2. The summed E-state index contributed by atoms with van der Waals surface area (Å²) in [6.07, 6.45) is 2.81. The maximum absolute atomic E-state index is 11.8. The number of carbonyl (C=O) groups excluding carboxylic acids is 1. The molecule has 2 aromatic rings. The van der Waals surface area contributed by atoms with E-state index in [1.807, 2.05) is 0 Å². The number of hydrogen-bond donors (Lipinski definition) is 2. The van der Waals surface area contributed by atoms with E-state index in [0.29, 0.717) is 0 Å². The number of hydrazine groups is 1. The lowest BCUT2D eigenvalue weighted by Gasteiger charge is -2.08. The number of nitrogens with zero attached hydrogens (tertiary/aromatic N) is 3. The fourth-order valence-electron chi connectivity index (χ4n) is 1.58. The molecule has 1 aromatic heterocycles. The molecular weight excluding hydrogens is 294 g/mol. The van der Waals surface area contributed by atoms with Crippen LogP contribution < -0.4 is 10.9 Å². The maximum Gasteiger partial charge on any atom is 0.300 e. The first kappa shape index (κ1) is 14.8. The van der Waals surface area contributed by atoms with Crippen LogP contribution in [0.4, 0.5) is 17.1 Å². The van der Waals surface area contributed by atoms with E-state index in [2.05, 4.69) is 15.8 Å². The molecule has 10 heteroatoms. The van der Waals surface area contributed by atoms with Gasteiger partial charge in [0.2, 0.25) is 0 Å². The Morgan fingerprint density at radius 3 is 2.50 bits per heavy atom. The molecule has 1 amide bonds. The molecule has 0 atom stereocenters. The molecule has 0 aliphatic rings. The van der Waals surface area contributed by atoms with Crippen molar-refractivity contribution < 1.29 is 14.6 Å². The summed E-state index contributed by atoms with van der Waals surface area (Å²) in [6.45, 7) is 0. The van der Waals surface area contributed by atoms with Crippen LogP contribution in [-0.4, -0.2) is 20.7 Å². The molecule has 0 saturated carbocycles. The molecule has 0 spiro atoms. The quantitative estimate of drug-likeness (QED) is 0.632. The zero-order valence-corrected chi connectivity index (χ0v) is 10.9. The van der Waals surface area contributed by atoms with Crippen molar-refractivity contribution in [2.75, 3.05) is 5.43 Å². The first-order valence-corrected chi connectivity index (χ1v) is 5.88. The zero-order valence-electron chi connectivity index (χ0n) is 10.9. The molecular formula is C12H9N5O5. The molecule has 0 bridgehead atoms. The lowest BCUT2D eigenvalue weighted by molar-refractivity contribution is -0.393. The molecule has 22 heavy (non-hydrogen) atoms. The van der Waals surface area contributed by atoms with Gasteiger partial charge in [0, 0.05) is 18.5 Å². The fourth-order valence-corrected chi connectivity index (χ4v) is 1.58. The average Bonchev–Trinajstić information content (AvgIpc) is 2.53. The van der Waals surface area contributed by atoms with Crippen LogP contribution in [0.15, 0.2) is 42.7 Å². The summed E-state index contributed by atoms with van der Waals surface area (Å²) in [6, 6.07) is 6.10. The van der Waals surface area contributed by atoms with E-state index >= 15 is 0 Å². The van der Waals surface area contributed by atoms with Crippen LogP contribution in [0, 0.1) is 20.2 Å². The number of nitro benzene ring substituents is 2. The van der Waals surface area contributed by atoms with E-state index in [1.165, 1.54) is 18.5 Å². The highest BCUT2D eigenvalue weighted by atomic mass is 16.6. The molecule has 2 rings (SSSR count). The van der Waals surface area contributed by atoms with Crippen LogP contribution in [0.25, 0.3) is 0 Å². The van der Waals surface area contributed by atoms with Crippen molar-refractivity contribution in [1.82, 2.24) is 10.4 Å². The Morgan fingerprint density at radius 2 is 1.91 bits per heavy atom. The molecule has 1 heterocycles. The Hall–Kier alpha value is -3.56. The van der Waals surface area contributed by atoms with Gasteiger partial charge in [0.1, 0.15) is 5.69 Å². The predicted octanol–water partition coefficient (Wildman–Crippen LogP) is 1.65. The normalized spacial score (nSPS) is 9.82.